The fourth-order valence-corrected chi connectivity index (χ4v) is 3.21. The molecule has 0 radical (unpaired) electrons. The van der Waals surface area contributed by atoms with E-state index >= 15 is 0 Å². The highest BCUT2D eigenvalue weighted by Gasteiger charge is 2.31. The molecule has 18 heavy (non-hydrogen) atoms. The second-order valence-electron chi connectivity index (χ2n) is 6.83. The highest BCUT2D eigenvalue weighted by Crippen LogP contribution is 2.37. The molecule has 2 rings (SSSR count). The summed E-state index contributed by atoms with van der Waals surface area (Å²) in [5, 5.41) is 3.75. The van der Waals surface area contributed by atoms with E-state index in [4.69, 9.17) is 5.73 Å². The minimum Gasteiger partial charge on any atom is -0.329 e. The molecule has 106 valence electrons. The van der Waals surface area contributed by atoms with Crippen LogP contribution in [-0.4, -0.2) is 43.7 Å². The summed E-state index contributed by atoms with van der Waals surface area (Å²) in [5.74, 6) is 2.71. The van der Waals surface area contributed by atoms with Crippen molar-refractivity contribution in [3.05, 3.63) is 0 Å². The second-order valence-corrected chi connectivity index (χ2v) is 6.83. The lowest BCUT2D eigenvalue weighted by Crippen LogP contribution is -2.51. The van der Waals surface area contributed by atoms with Gasteiger partial charge in [0.2, 0.25) is 0 Å². The SMILES string of the molecule is CC(C)CNC1CC(CC2CC2)CN(CCN)C1. The van der Waals surface area contributed by atoms with Crippen LogP contribution in [0.25, 0.3) is 0 Å². The molecule has 3 nitrogen and oxygen atoms in total. The first-order valence-corrected chi connectivity index (χ1v) is 7.83. The number of likely N-dealkylation sites (tertiary alicyclic amines) is 1. The Bertz CT molecular complexity index is 238. The lowest BCUT2D eigenvalue weighted by molar-refractivity contribution is 0.134. The van der Waals surface area contributed by atoms with Crippen LogP contribution in [0.4, 0.5) is 0 Å². The predicted molar refractivity (Wildman–Crippen MR) is 77.6 cm³/mol. The summed E-state index contributed by atoms with van der Waals surface area (Å²) in [7, 11) is 0. The summed E-state index contributed by atoms with van der Waals surface area (Å²) in [6.07, 6.45) is 5.81. The molecule has 0 aromatic carbocycles. The van der Waals surface area contributed by atoms with Crippen molar-refractivity contribution < 1.29 is 0 Å². The molecule has 2 fully saturated rings. The van der Waals surface area contributed by atoms with E-state index in [1.54, 1.807) is 0 Å². The zero-order valence-corrected chi connectivity index (χ0v) is 12.2. The highest BCUT2D eigenvalue weighted by atomic mass is 15.2. The Hall–Kier alpha value is -0.120. The van der Waals surface area contributed by atoms with E-state index in [9.17, 15) is 0 Å². The number of rotatable bonds is 7. The van der Waals surface area contributed by atoms with Crippen molar-refractivity contribution in [3.63, 3.8) is 0 Å². The van der Waals surface area contributed by atoms with Gasteiger partial charge in [0, 0.05) is 32.2 Å². The van der Waals surface area contributed by atoms with Crippen molar-refractivity contribution in [1.29, 1.82) is 0 Å². The number of nitrogens with zero attached hydrogens (tertiary/aromatic N) is 1. The van der Waals surface area contributed by atoms with E-state index < -0.39 is 0 Å². The van der Waals surface area contributed by atoms with Crippen LogP contribution >= 0.6 is 0 Å². The van der Waals surface area contributed by atoms with Crippen LogP contribution in [0.1, 0.15) is 39.5 Å². The zero-order chi connectivity index (χ0) is 13.0. The molecule has 0 amide bonds. The van der Waals surface area contributed by atoms with Gasteiger partial charge in [0.05, 0.1) is 0 Å². The standard InChI is InChI=1S/C15H31N3/c1-12(2)9-17-15-8-14(7-13-3-4-13)10-18(11-15)6-5-16/h12-15,17H,3-11,16H2,1-2H3. The van der Waals surface area contributed by atoms with Crippen molar-refractivity contribution in [2.45, 2.75) is 45.6 Å². The number of nitrogens with one attached hydrogen (secondary N) is 1. The summed E-state index contributed by atoms with van der Waals surface area (Å²) < 4.78 is 0. The maximum Gasteiger partial charge on any atom is 0.0198 e. The molecule has 2 atom stereocenters. The monoisotopic (exact) mass is 253 g/mol. The smallest absolute Gasteiger partial charge is 0.0198 e. The van der Waals surface area contributed by atoms with Gasteiger partial charge in [0.15, 0.2) is 0 Å². The molecule has 0 aromatic heterocycles. The second kappa shape index (κ2) is 6.88. The summed E-state index contributed by atoms with van der Waals surface area (Å²) in [5.41, 5.74) is 5.72. The Balaban J connectivity index is 1.79. The van der Waals surface area contributed by atoms with E-state index in [0.717, 1.165) is 37.4 Å². The molecule has 3 heteroatoms. The quantitative estimate of drug-likeness (QED) is 0.725. The number of hydrogen-bond acceptors (Lipinski definition) is 3. The Morgan fingerprint density at radius 1 is 1.22 bits per heavy atom. The molecule has 0 aromatic rings. The molecule has 1 aliphatic heterocycles. The molecule has 1 saturated heterocycles. The van der Waals surface area contributed by atoms with Gasteiger partial charge in [-0.05, 0) is 37.1 Å². The van der Waals surface area contributed by atoms with Gasteiger partial charge in [-0.3, -0.25) is 0 Å². The van der Waals surface area contributed by atoms with Gasteiger partial charge in [-0.2, -0.15) is 0 Å². The summed E-state index contributed by atoms with van der Waals surface area (Å²) in [6.45, 7) is 10.1. The largest absolute Gasteiger partial charge is 0.329 e. The van der Waals surface area contributed by atoms with Gasteiger partial charge in [-0.25, -0.2) is 0 Å². The van der Waals surface area contributed by atoms with E-state index in [0.29, 0.717) is 6.04 Å². The Labute approximate surface area is 112 Å². The van der Waals surface area contributed by atoms with Crippen molar-refractivity contribution >= 4 is 0 Å². The lowest BCUT2D eigenvalue weighted by Gasteiger charge is -2.38. The van der Waals surface area contributed by atoms with Crippen LogP contribution in [0, 0.1) is 17.8 Å². The van der Waals surface area contributed by atoms with Crippen LogP contribution in [0.2, 0.25) is 0 Å². The van der Waals surface area contributed by atoms with Gasteiger partial charge in [-0.1, -0.05) is 26.7 Å². The topological polar surface area (TPSA) is 41.3 Å². The zero-order valence-electron chi connectivity index (χ0n) is 12.2. The molecule has 0 spiro atoms. The van der Waals surface area contributed by atoms with Gasteiger partial charge in [0.25, 0.3) is 0 Å². The molecule has 2 aliphatic rings. The van der Waals surface area contributed by atoms with Crippen molar-refractivity contribution in [3.8, 4) is 0 Å². The Morgan fingerprint density at radius 3 is 2.61 bits per heavy atom. The predicted octanol–water partition coefficient (Wildman–Crippen LogP) is 1.68. The highest BCUT2D eigenvalue weighted by molar-refractivity contribution is 4.87. The maximum atomic E-state index is 5.72. The molecule has 1 heterocycles. The van der Waals surface area contributed by atoms with Crippen LogP contribution in [0.3, 0.4) is 0 Å². The van der Waals surface area contributed by atoms with Gasteiger partial charge < -0.3 is 16.0 Å². The number of nitrogens with two attached hydrogens (primary N) is 1. The van der Waals surface area contributed by atoms with Crippen molar-refractivity contribution in [1.82, 2.24) is 10.2 Å². The van der Waals surface area contributed by atoms with Crippen LogP contribution in [0.15, 0.2) is 0 Å². The van der Waals surface area contributed by atoms with E-state index in [-0.39, 0.29) is 0 Å². The summed E-state index contributed by atoms with van der Waals surface area (Å²) >= 11 is 0. The van der Waals surface area contributed by atoms with Gasteiger partial charge in [-0.15, -0.1) is 0 Å². The lowest BCUT2D eigenvalue weighted by atomic mass is 9.89. The van der Waals surface area contributed by atoms with Crippen LogP contribution in [-0.2, 0) is 0 Å². The van der Waals surface area contributed by atoms with Crippen molar-refractivity contribution in [2.75, 3.05) is 32.7 Å². The normalized spacial score (nSPS) is 30.0. The molecular formula is C15H31N3. The van der Waals surface area contributed by atoms with Gasteiger partial charge in [0.1, 0.15) is 0 Å². The van der Waals surface area contributed by atoms with Crippen molar-refractivity contribution in [2.24, 2.45) is 23.5 Å². The van der Waals surface area contributed by atoms with E-state index in [1.165, 1.54) is 38.8 Å². The third-order valence-electron chi connectivity index (χ3n) is 4.24. The first-order chi connectivity index (χ1) is 8.67. The van der Waals surface area contributed by atoms with Crippen LogP contribution < -0.4 is 11.1 Å². The molecule has 0 bridgehead atoms. The molecule has 3 N–H and O–H groups in total. The average Bonchev–Trinajstić information content (AvgIpc) is 3.10. The molecular weight excluding hydrogens is 222 g/mol. The number of piperidine rings is 1. The van der Waals surface area contributed by atoms with E-state index in [1.807, 2.05) is 0 Å². The van der Waals surface area contributed by atoms with E-state index in [2.05, 4.69) is 24.1 Å². The summed E-state index contributed by atoms with van der Waals surface area (Å²) in [4.78, 5) is 2.58. The fourth-order valence-electron chi connectivity index (χ4n) is 3.21. The summed E-state index contributed by atoms with van der Waals surface area (Å²) in [6, 6.07) is 0.691. The first-order valence-electron chi connectivity index (χ1n) is 7.83. The fraction of sp³-hybridized carbons (Fsp3) is 1.00. The van der Waals surface area contributed by atoms with Gasteiger partial charge >= 0.3 is 0 Å². The number of hydrogen-bond donors (Lipinski definition) is 2. The first kappa shape index (κ1) is 14.3. The molecule has 1 aliphatic carbocycles. The minimum atomic E-state index is 0.691. The third-order valence-corrected chi connectivity index (χ3v) is 4.24. The minimum absolute atomic E-state index is 0.691. The Morgan fingerprint density at radius 2 is 2.00 bits per heavy atom. The maximum absolute atomic E-state index is 5.72. The Kier molecular flexibility index (Phi) is 5.46. The molecule has 2 unspecified atom stereocenters. The van der Waals surface area contributed by atoms with Crippen LogP contribution in [0.5, 0.6) is 0 Å². The average molecular weight is 253 g/mol. The third kappa shape index (κ3) is 4.87. The molecule has 1 saturated carbocycles.